The van der Waals surface area contributed by atoms with Crippen LogP contribution in [-0.2, 0) is 6.42 Å². The third-order valence-corrected chi connectivity index (χ3v) is 5.25. The summed E-state index contributed by atoms with van der Waals surface area (Å²) in [4.78, 5) is 4.25. The van der Waals surface area contributed by atoms with Crippen LogP contribution in [0.3, 0.4) is 0 Å². The number of aromatic hydroxyl groups is 1. The van der Waals surface area contributed by atoms with E-state index in [2.05, 4.69) is 15.2 Å². The third-order valence-electron chi connectivity index (χ3n) is 5.25. The van der Waals surface area contributed by atoms with Gasteiger partial charge in [-0.2, -0.15) is 5.10 Å². The van der Waals surface area contributed by atoms with Crippen molar-refractivity contribution in [3.05, 3.63) is 47.9 Å². The lowest BCUT2D eigenvalue weighted by atomic mass is 9.97. The Kier molecular flexibility index (Phi) is 3.88. The third kappa shape index (κ3) is 2.96. The average molecular weight is 335 g/mol. The van der Waals surface area contributed by atoms with E-state index in [1.54, 1.807) is 12.3 Å². The van der Waals surface area contributed by atoms with Crippen molar-refractivity contribution in [2.75, 3.05) is 6.61 Å². The molecule has 1 saturated carbocycles. The van der Waals surface area contributed by atoms with Gasteiger partial charge in [-0.1, -0.05) is 6.07 Å². The summed E-state index contributed by atoms with van der Waals surface area (Å²) in [7, 11) is 0. The topological polar surface area (TPSA) is 79.1 Å². The monoisotopic (exact) mass is 335 g/mol. The van der Waals surface area contributed by atoms with E-state index >= 15 is 0 Å². The van der Waals surface area contributed by atoms with Gasteiger partial charge in [0.05, 0.1) is 5.69 Å². The Balaban J connectivity index is 1.76. The van der Waals surface area contributed by atoms with Gasteiger partial charge in [-0.3, -0.25) is 4.98 Å². The van der Waals surface area contributed by atoms with Crippen molar-refractivity contribution >= 4 is 10.8 Å². The molecule has 0 radical (unpaired) electrons. The summed E-state index contributed by atoms with van der Waals surface area (Å²) in [6.07, 6.45) is 7.41. The van der Waals surface area contributed by atoms with Crippen LogP contribution in [0.1, 0.15) is 30.5 Å². The SMILES string of the molecule is Cc1ccc(-c2nnc(CCC3(CO)CC3)c3cnccc23)c(O)c1. The van der Waals surface area contributed by atoms with Crippen LogP contribution in [0.4, 0.5) is 0 Å². The number of phenols is 1. The zero-order valence-corrected chi connectivity index (χ0v) is 14.2. The maximum atomic E-state index is 10.3. The molecule has 1 fully saturated rings. The fourth-order valence-electron chi connectivity index (χ4n) is 3.32. The van der Waals surface area contributed by atoms with Crippen molar-refractivity contribution < 1.29 is 10.2 Å². The number of hydrogen-bond acceptors (Lipinski definition) is 5. The van der Waals surface area contributed by atoms with Crippen LogP contribution in [0.2, 0.25) is 0 Å². The first-order valence-corrected chi connectivity index (χ1v) is 8.62. The van der Waals surface area contributed by atoms with E-state index < -0.39 is 0 Å². The summed E-state index contributed by atoms with van der Waals surface area (Å²) in [5.74, 6) is 0.206. The van der Waals surface area contributed by atoms with Crippen molar-refractivity contribution in [2.45, 2.75) is 32.6 Å². The zero-order chi connectivity index (χ0) is 17.4. The molecular weight excluding hydrogens is 314 g/mol. The molecule has 2 heterocycles. The fourth-order valence-corrected chi connectivity index (χ4v) is 3.32. The first kappa shape index (κ1) is 16.0. The summed E-state index contributed by atoms with van der Waals surface area (Å²) >= 11 is 0. The first-order valence-electron chi connectivity index (χ1n) is 8.62. The van der Waals surface area contributed by atoms with Gasteiger partial charge >= 0.3 is 0 Å². The van der Waals surface area contributed by atoms with Gasteiger partial charge in [0.1, 0.15) is 11.4 Å². The number of aliphatic hydroxyl groups is 1. The molecule has 4 rings (SSSR count). The van der Waals surface area contributed by atoms with Crippen LogP contribution >= 0.6 is 0 Å². The van der Waals surface area contributed by atoms with E-state index in [0.717, 1.165) is 47.7 Å². The van der Waals surface area contributed by atoms with E-state index in [1.165, 1.54) is 0 Å². The van der Waals surface area contributed by atoms with Crippen LogP contribution in [-0.4, -0.2) is 32.0 Å². The molecule has 128 valence electrons. The van der Waals surface area contributed by atoms with Crippen LogP contribution in [0.25, 0.3) is 22.0 Å². The Bertz CT molecular complexity index is 935. The summed E-state index contributed by atoms with van der Waals surface area (Å²) in [6, 6.07) is 7.48. The predicted octanol–water partition coefficient (Wildman–Crippen LogP) is 3.41. The number of fused-ring (bicyclic) bond motifs is 1. The number of aliphatic hydroxyl groups excluding tert-OH is 1. The Morgan fingerprint density at radius 2 is 1.96 bits per heavy atom. The number of pyridine rings is 1. The summed E-state index contributed by atoms with van der Waals surface area (Å²) < 4.78 is 0. The van der Waals surface area contributed by atoms with Crippen molar-refractivity contribution in [3.8, 4) is 17.0 Å². The molecule has 0 unspecified atom stereocenters. The minimum absolute atomic E-state index is 0.0874. The highest BCUT2D eigenvalue weighted by Crippen LogP contribution is 2.49. The molecule has 3 aromatic rings. The molecule has 1 aromatic carbocycles. The maximum Gasteiger partial charge on any atom is 0.125 e. The summed E-state index contributed by atoms with van der Waals surface area (Å²) in [5.41, 5.74) is 3.33. The molecule has 2 N–H and O–H groups in total. The highest BCUT2D eigenvalue weighted by Gasteiger charge is 2.41. The van der Waals surface area contributed by atoms with Crippen molar-refractivity contribution in [3.63, 3.8) is 0 Å². The molecule has 1 aliphatic rings. The minimum atomic E-state index is 0.0874. The molecule has 0 amide bonds. The molecule has 0 atom stereocenters. The molecular formula is C20H21N3O2. The number of rotatable bonds is 5. The zero-order valence-electron chi connectivity index (χ0n) is 14.2. The van der Waals surface area contributed by atoms with Crippen LogP contribution in [0, 0.1) is 12.3 Å². The first-order chi connectivity index (χ1) is 12.1. The second-order valence-corrected chi connectivity index (χ2v) is 7.10. The summed E-state index contributed by atoms with van der Waals surface area (Å²) in [5, 5.41) is 30.6. The second-order valence-electron chi connectivity index (χ2n) is 7.10. The molecule has 5 nitrogen and oxygen atoms in total. The number of hydrogen-bond donors (Lipinski definition) is 2. The smallest absolute Gasteiger partial charge is 0.125 e. The standard InChI is InChI=1S/C20H21N3O2/c1-13-2-3-15(18(25)10-13)19-14-5-9-21-11-16(14)17(22-23-19)4-6-20(12-24)7-8-20/h2-3,5,9-11,24-25H,4,6-8,12H2,1H3. The van der Waals surface area contributed by atoms with Gasteiger partial charge in [0.15, 0.2) is 0 Å². The van der Waals surface area contributed by atoms with E-state index in [4.69, 9.17) is 0 Å². The molecule has 0 bridgehead atoms. The molecule has 0 aliphatic heterocycles. The molecule has 25 heavy (non-hydrogen) atoms. The minimum Gasteiger partial charge on any atom is -0.507 e. The van der Waals surface area contributed by atoms with Crippen LogP contribution in [0.5, 0.6) is 5.75 Å². The van der Waals surface area contributed by atoms with E-state index in [9.17, 15) is 10.2 Å². The number of aromatic nitrogens is 3. The maximum absolute atomic E-state index is 10.3. The number of nitrogens with zero attached hydrogens (tertiary/aromatic N) is 3. The quantitative estimate of drug-likeness (QED) is 0.747. The van der Waals surface area contributed by atoms with Gasteiger partial charge in [0.25, 0.3) is 0 Å². The van der Waals surface area contributed by atoms with Gasteiger partial charge in [0.2, 0.25) is 0 Å². The fraction of sp³-hybridized carbons (Fsp3) is 0.350. The lowest BCUT2D eigenvalue weighted by molar-refractivity contribution is 0.203. The highest BCUT2D eigenvalue weighted by atomic mass is 16.3. The van der Waals surface area contributed by atoms with Gasteiger partial charge in [-0.15, -0.1) is 5.10 Å². The van der Waals surface area contributed by atoms with E-state index in [1.807, 2.05) is 31.3 Å². The number of benzene rings is 1. The van der Waals surface area contributed by atoms with Crippen molar-refractivity contribution in [2.24, 2.45) is 5.41 Å². The molecule has 5 heteroatoms. The Hall–Kier alpha value is -2.53. The lowest BCUT2D eigenvalue weighted by Gasteiger charge is -2.13. The lowest BCUT2D eigenvalue weighted by Crippen LogP contribution is -2.09. The van der Waals surface area contributed by atoms with Gasteiger partial charge in [-0.25, -0.2) is 0 Å². The Labute approximate surface area is 146 Å². The summed E-state index contributed by atoms with van der Waals surface area (Å²) in [6.45, 7) is 2.18. The van der Waals surface area contributed by atoms with E-state index in [0.29, 0.717) is 11.3 Å². The van der Waals surface area contributed by atoms with Gasteiger partial charge in [0, 0.05) is 35.3 Å². The van der Waals surface area contributed by atoms with Gasteiger partial charge in [-0.05, 0) is 61.8 Å². The largest absolute Gasteiger partial charge is 0.507 e. The normalized spacial score (nSPS) is 15.4. The van der Waals surface area contributed by atoms with E-state index in [-0.39, 0.29) is 17.8 Å². The van der Waals surface area contributed by atoms with Crippen molar-refractivity contribution in [1.82, 2.24) is 15.2 Å². The number of phenolic OH excluding ortho intramolecular Hbond substituents is 1. The van der Waals surface area contributed by atoms with Gasteiger partial charge < -0.3 is 10.2 Å². The molecule has 1 aliphatic carbocycles. The second kappa shape index (κ2) is 6.08. The average Bonchev–Trinajstić information content (AvgIpc) is 3.41. The Morgan fingerprint density at radius 3 is 2.68 bits per heavy atom. The van der Waals surface area contributed by atoms with Crippen LogP contribution in [0.15, 0.2) is 36.7 Å². The molecule has 2 aromatic heterocycles. The van der Waals surface area contributed by atoms with Crippen LogP contribution < -0.4 is 0 Å². The molecule has 0 spiro atoms. The van der Waals surface area contributed by atoms with Crippen molar-refractivity contribution in [1.29, 1.82) is 0 Å². The Morgan fingerprint density at radius 1 is 1.12 bits per heavy atom. The predicted molar refractivity (Wildman–Crippen MR) is 96.2 cm³/mol. The highest BCUT2D eigenvalue weighted by molar-refractivity contribution is 5.96. The molecule has 0 saturated heterocycles. The number of aryl methyl sites for hydroxylation is 2.